The molecule has 0 spiro atoms. The molecule has 1 unspecified atom stereocenters. The third-order valence-corrected chi connectivity index (χ3v) is 9.70. The van der Waals surface area contributed by atoms with Gasteiger partial charge in [-0.2, -0.15) is 0 Å². The fourth-order valence-corrected chi connectivity index (χ4v) is 6.61. The van der Waals surface area contributed by atoms with E-state index in [0.29, 0.717) is 27.7 Å². The van der Waals surface area contributed by atoms with Crippen LogP contribution in [-0.4, -0.2) is 50.0 Å². The Kier molecular flexibility index (Phi) is 11.6. The van der Waals surface area contributed by atoms with Gasteiger partial charge in [0.1, 0.15) is 12.6 Å². The molecule has 3 aromatic rings. The first-order valence-corrected chi connectivity index (χ1v) is 16.6. The number of hydrogen-bond acceptors (Lipinski definition) is 5. The Labute approximate surface area is 257 Å². The number of rotatable bonds is 12. The maximum Gasteiger partial charge on any atom is 0.264 e. The zero-order valence-electron chi connectivity index (χ0n) is 23.7. The van der Waals surface area contributed by atoms with E-state index in [4.69, 9.17) is 23.2 Å². The number of anilines is 1. The van der Waals surface area contributed by atoms with E-state index in [2.05, 4.69) is 5.32 Å². The number of carbonyl (C=O) groups excluding carboxylic acids is 2. The van der Waals surface area contributed by atoms with Crippen LogP contribution >= 0.6 is 35.0 Å². The van der Waals surface area contributed by atoms with Crippen LogP contribution in [0.3, 0.4) is 0 Å². The largest absolute Gasteiger partial charge is 0.352 e. The summed E-state index contributed by atoms with van der Waals surface area (Å²) in [6.45, 7) is 6.73. The van der Waals surface area contributed by atoms with Crippen LogP contribution in [0.5, 0.6) is 0 Å². The quantitative estimate of drug-likeness (QED) is 0.228. The average Bonchev–Trinajstić information content (AvgIpc) is 2.93. The van der Waals surface area contributed by atoms with E-state index in [1.165, 1.54) is 28.8 Å². The number of hydrogen-bond donors (Lipinski definition) is 1. The molecule has 7 nitrogen and oxygen atoms in total. The lowest BCUT2D eigenvalue weighted by Gasteiger charge is -2.34. The van der Waals surface area contributed by atoms with Crippen molar-refractivity contribution in [2.75, 3.05) is 17.1 Å². The van der Waals surface area contributed by atoms with Crippen LogP contribution in [0.2, 0.25) is 10.0 Å². The molecule has 0 aliphatic carbocycles. The number of amides is 2. The van der Waals surface area contributed by atoms with E-state index in [0.717, 1.165) is 14.8 Å². The molecule has 0 aliphatic heterocycles. The van der Waals surface area contributed by atoms with Crippen LogP contribution in [0.25, 0.3) is 0 Å². The molecular formula is C30H35Cl2N3O4S2. The number of benzene rings is 3. The molecule has 0 radical (unpaired) electrons. The summed E-state index contributed by atoms with van der Waals surface area (Å²) in [4.78, 5) is 29.7. The standard InChI is InChI=1S/C30H35Cl2N3O4S2/c1-6-28(30(37)33-20(2)3)34(18-25-26(31)8-7-9-27(25)32)29(36)19-35(22-12-10-21(4)11-13-22)41(38,39)24-16-14-23(40-5)15-17-24/h7-17,20,28H,6,18-19H2,1-5H3,(H,33,37). The fourth-order valence-electron chi connectivity index (χ4n) is 4.27. The summed E-state index contributed by atoms with van der Waals surface area (Å²) in [7, 11) is -4.16. The first kappa shape index (κ1) is 32.8. The second kappa shape index (κ2) is 14.4. The minimum atomic E-state index is -4.16. The molecule has 3 aromatic carbocycles. The Balaban J connectivity index is 2.10. The van der Waals surface area contributed by atoms with Crippen LogP contribution in [-0.2, 0) is 26.2 Å². The average molecular weight is 637 g/mol. The highest BCUT2D eigenvalue weighted by molar-refractivity contribution is 7.98. The van der Waals surface area contributed by atoms with Gasteiger partial charge in [0.05, 0.1) is 10.6 Å². The Hall–Kier alpha value is -2.72. The molecule has 41 heavy (non-hydrogen) atoms. The van der Waals surface area contributed by atoms with Crippen LogP contribution in [0.15, 0.2) is 76.5 Å². The third-order valence-electron chi connectivity index (χ3n) is 6.46. The van der Waals surface area contributed by atoms with E-state index in [1.807, 2.05) is 27.0 Å². The molecule has 0 fully saturated rings. The smallest absolute Gasteiger partial charge is 0.264 e. The molecule has 0 bridgehead atoms. The number of halogens is 2. The number of sulfonamides is 1. The molecule has 3 rings (SSSR count). The number of thioether (sulfide) groups is 1. The molecule has 11 heteroatoms. The summed E-state index contributed by atoms with van der Waals surface area (Å²) in [6.07, 6.45) is 2.19. The van der Waals surface area contributed by atoms with Gasteiger partial charge >= 0.3 is 0 Å². The SMILES string of the molecule is CCC(C(=O)NC(C)C)N(Cc1c(Cl)cccc1Cl)C(=O)CN(c1ccc(C)cc1)S(=O)(=O)c1ccc(SC)cc1. The summed E-state index contributed by atoms with van der Waals surface area (Å²) in [5.74, 6) is -0.923. The van der Waals surface area contributed by atoms with Gasteiger partial charge in [0, 0.05) is 33.1 Å². The van der Waals surface area contributed by atoms with E-state index in [-0.39, 0.29) is 23.4 Å². The molecule has 1 N–H and O–H groups in total. The van der Waals surface area contributed by atoms with Gasteiger partial charge < -0.3 is 10.2 Å². The normalized spacial score (nSPS) is 12.2. The Bertz CT molecular complexity index is 1440. The minimum absolute atomic E-state index is 0.0500. The molecule has 220 valence electrons. The van der Waals surface area contributed by atoms with Crippen molar-refractivity contribution in [2.45, 2.75) is 62.5 Å². The Morgan fingerprint density at radius 3 is 2.05 bits per heavy atom. The van der Waals surface area contributed by atoms with E-state index in [1.54, 1.807) is 61.5 Å². The molecule has 0 saturated heterocycles. The minimum Gasteiger partial charge on any atom is -0.352 e. The van der Waals surface area contributed by atoms with Gasteiger partial charge in [-0.3, -0.25) is 13.9 Å². The van der Waals surface area contributed by atoms with E-state index >= 15 is 0 Å². The van der Waals surface area contributed by atoms with Crippen LogP contribution < -0.4 is 9.62 Å². The van der Waals surface area contributed by atoms with Crippen LogP contribution in [0.4, 0.5) is 5.69 Å². The van der Waals surface area contributed by atoms with Gasteiger partial charge in [0.15, 0.2) is 0 Å². The number of nitrogens with one attached hydrogen (secondary N) is 1. The Morgan fingerprint density at radius 2 is 1.54 bits per heavy atom. The first-order chi connectivity index (χ1) is 19.4. The van der Waals surface area contributed by atoms with Crippen molar-refractivity contribution >= 4 is 62.5 Å². The lowest BCUT2D eigenvalue weighted by atomic mass is 10.1. The van der Waals surface area contributed by atoms with Gasteiger partial charge in [0.2, 0.25) is 11.8 Å². The summed E-state index contributed by atoms with van der Waals surface area (Å²) < 4.78 is 29.1. The zero-order valence-corrected chi connectivity index (χ0v) is 26.9. The van der Waals surface area contributed by atoms with Gasteiger partial charge in [0.25, 0.3) is 10.0 Å². The molecular weight excluding hydrogens is 601 g/mol. The highest BCUT2D eigenvalue weighted by Crippen LogP contribution is 2.29. The predicted octanol–water partition coefficient (Wildman–Crippen LogP) is 6.55. The first-order valence-electron chi connectivity index (χ1n) is 13.1. The van der Waals surface area contributed by atoms with Crippen LogP contribution in [0.1, 0.15) is 38.3 Å². The van der Waals surface area contributed by atoms with Crippen molar-refractivity contribution in [3.63, 3.8) is 0 Å². The zero-order chi connectivity index (χ0) is 30.3. The predicted molar refractivity (Wildman–Crippen MR) is 168 cm³/mol. The van der Waals surface area contributed by atoms with E-state index < -0.39 is 28.5 Å². The highest BCUT2D eigenvalue weighted by atomic mass is 35.5. The van der Waals surface area contributed by atoms with Gasteiger partial charge in [-0.25, -0.2) is 8.42 Å². The topological polar surface area (TPSA) is 86.8 Å². The van der Waals surface area contributed by atoms with Crippen molar-refractivity contribution in [3.05, 3.63) is 87.9 Å². The molecule has 0 aromatic heterocycles. The summed E-state index contributed by atoms with van der Waals surface area (Å²) in [6, 6.07) is 17.3. The molecule has 0 saturated carbocycles. The second-order valence-electron chi connectivity index (χ2n) is 9.83. The Morgan fingerprint density at radius 1 is 0.951 bits per heavy atom. The monoisotopic (exact) mass is 635 g/mol. The van der Waals surface area contributed by atoms with Gasteiger partial charge in [-0.05, 0) is 82.0 Å². The van der Waals surface area contributed by atoms with Gasteiger partial charge in [-0.15, -0.1) is 11.8 Å². The summed E-state index contributed by atoms with van der Waals surface area (Å²) in [5.41, 5.74) is 1.74. The second-order valence-corrected chi connectivity index (χ2v) is 13.4. The number of carbonyl (C=O) groups is 2. The fraction of sp³-hybridized carbons (Fsp3) is 0.333. The maximum atomic E-state index is 14.1. The molecule has 1 atom stereocenters. The van der Waals surface area contributed by atoms with Crippen molar-refractivity contribution in [1.29, 1.82) is 0 Å². The van der Waals surface area contributed by atoms with Gasteiger partial charge in [-0.1, -0.05) is 53.9 Å². The van der Waals surface area contributed by atoms with Crippen molar-refractivity contribution in [2.24, 2.45) is 0 Å². The number of nitrogens with zero attached hydrogens (tertiary/aromatic N) is 2. The van der Waals surface area contributed by atoms with Crippen LogP contribution in [0, 0.1) is 6.92 Å². The molecule has 0 aliphatic rings. The molecule has 0 heterocycles. The summed E-state index contributed by atoms with van der Waals surface area (Å²) in [5, 5.41) is 3.55. The lowest BCUT2D eigenvalue weighted by Crippen LogP contribution is -2.53. The number of aryl methyl sites for hydroxylation is 1. The highest BCUT2D eigenvalue weighted by Gasteiger charge is 2.34. The van der Waals surface area contributed by atoms with Crippen molar-refractivity contribution in [3.8, 4) is 0 Å². The maximum absolute atomic E-state index is 14.1. The third kappa shape index (κ3) is 8.19. The lowest BCUT2D eigenvalue weighted by molar-refractivity contribution is -0.140. The van der Waals surface area contributed by atoms with E-state index in [9.17, 15) is 18.0 Å². The van der Waals surface area contributed by atoms with Crippen molar-refractivity contribution in [1.82, 2.24) is 10.2 Å². The van der Waals surface area contributed by atoms with Crippen molar-refractivity contribution < 1.29 is 18.0 Å². The summed E-state index contributed by atoms with van der Waals surface area (Å²) >= 11 is 14.4. The molecule has 2 amide bonds.